The molecule has 0 aliphatic rings. The summed E-state index contributed by atoms with van der Waals surface area (Å²) in [6.07, 6.45) is 0. The van der Waals surface area contributed by atoms with Crippen LogP contribution >= 0.6 is 35.2 Å². The van der Waals surface area contributed by atoms with Crippen molar-refractivity contribution < 1.29 is 18.7 Å². The highest BCUT2D eigenvalue weighted by Crippen LogP contribution is 2.37. The second-order valence-corrected chi connectivity index (χ2v) is 7.33. The van der Waals surface area contributed by atoms with Crippen LogP contribution in [0, 0.1) is 5.82 Å². The van der Waals surface area contributed by atoms with Crippen molar-refractivity contribution in [1.82, 2.24) is 10.9 Å². The predicted molar refractivity (Wildman–Crippen MR) is 111 cm³/mol. The minimum Gasteiger partial charge on any atom is -0.465 e. The van der Waals surface area contributed by atoms with Gasteiger partial charge in [-0.25, -0.2) is 9.18 Å². The lowest BCUT2D eigenvalue weighted by atomic mass is 10.2. The molecule has 0 aliphatic carbocycles. The normalized spacial score (nSPS) is 10.4. The lowest BCUT2D eigenvalue weighted by molar-refractivity contribution is 0.0606. The summed E-state index contributed by atoms with van der Waals surface area (Å²) in [6, 6.07) is 10.4. The van der Waals surface area contributed by atoms with Crippen LogP contribution in [0.3, 0.4) is 0 Å². The molecule has 0 saturated heterocycles. The first-order valence-corrected chi connectivity index (χ1v) is 9.42. The molecule has 3 rings (SSSR count). The number of anilines is 1. The van der Waals surface area contributed by atoms with Gasteiger partial charge in [0.15, 0.2) is 5.11 Å². The first kappa shape index (κ1) is 20.0. The molecule has 0 bridgehead atoms. The van der Waals surface area contributed by atoms with Gasteiger partial charge in [-0.1, -0.05) is 11.6 Å². The second-order valence-electron chi connectivity index (χ2n) is 5.49. The van der Waals surface area contributed by atoms with E-state index in [4.69, 9.17) is 28.6 Å². The molecule has 2 aromatic carbocycles. The summed E-state index contributed by atoms with van der Waals surface area (Å²) in [5, 5.41) is 4.12. The molecule has 0 saturated carbocycles. The van der Waals surface area contributed by atoms with Crippen LogP contribution in [-0.4, -0.2) is 24.1 Å². The minimum absolute atomic E-state index is 0.144. The first-order chi connectivity index (χ1) is 13.4. The van der Waals surface area contributed by atoms with Gasteiger partial charge in [-0.3, -0.25) is 15.6 Å². The molecule has 0 spiro atoms. The van der Waals surface area contributed by atoms with Crippen molar-refractivity contribution in [3.05, 3.63) is 63.7 Å². The van der Waals surface area contributed by atoms with E-state index in [0.717, 1.165) is 10.1 Å². The number of halogens is 2. The molecule has 0 unspecified atom stereocenters. The highest BCUT2D eigenvalue weighted by Gasteiger charge is 2.17. The van der Waals surface area contributed by atoms with Crippen LogP contribution in [0.1, 0.15) is 20.0 Å². The van der Waals surface area contributed by atoms with Gasteiger partial charge in [-0.2, -0.15) is 0 Å². The van der Waals surface area contributed by atoms with Gasteiger partial charge in [0.25, 0.3) is 5.91 Å². The molecule has 6 nitrogen and oxygen atoms in total. The van der Waals surface area contributed by atoms with E-state index in [-0.39, 0.29) is 10.7 Å². The van der Waals surface area contributed by atoms with E-state index in [0.29, 0.717) is 15.6 Å². The lowest BCUT2D eigenvalue weighted by Crippen LogP contribution is -2.43. The third-order valence-corrected chi connectivity index (χ3v) is 5.50. The van der Waals surface area contributed by atoms with Gasteiger partial charge in [0.05, 0.1) is 12.1 Å². The summed E-state index contributed by atoms with van der Waals surface area (Å²) in [6.45, 7) is 0. The molecule has 1 heterocycles. The lowest BCUT2D eigenvalue weighted by Gasteiger charge is -2.11. The molecule has 144 valence electrons. The summed E-state index contributed by atoms with van der Waals surface area (Å²) in [5.41, 5.74) is 5.90. The number of hydrogen-bond donors (Lipinski definition) is 3. The Morgan fingerprint density at radius 3 is 2.54 bits per heavy atom. The minimum atomic E-state index is -0.499. The van der Waals surface area contributed by atoms with Crippen LogP contribution in [0.2, 0.25) is 5.02 Å². The Labute approximate surface area is 173 Å². The topological polar surface area (TPSA) is 79.5 Å². The van der Waals surface area contributed by atoms with Crippen LogP contribution in [0.15, 0.2) is 42.5 Å². The molecule has 0 aliphatic heterocycles. The van der Waals surface area contributed by atoms with Crippen LogP contribution in [0.25, 0.3) is 10.1 Å². The standard InChI is InChI=1S/C18H13ClFN3O3S2/c1-26-17(25)15-14(19)12-7-6-11(8-13(12)28-15)21-18(27)23-22-16(24)9-2-4-10(20)5-3-9/h2-8H,1H3,(H,22,24)(H2,21,23,27). The molecule has 0 radical (unpaired) electrons. The van der Waals surface area contributed by atoms with E-state index in [9.17, 15) is 14.0 Å². The zero-order valence-electron chi connectivity index (χ0n) is 14.3. The van der Waals surface area contributed by atoms with E-state index >= 15 is 0 Å². The number of nitrogens with one attached hydrogen (secondary N) is 3. The molecule has 10 heteroatoms. The number of rotatable bonds is 3. The van der Waals surface area contributed by atoms with E-state index < -0.39 is 17.7 Å². The van der Waals surface area contributed by atoms with E-state index in [1.807, 2.05) is 0 Å². The number of hydrogen-bond acceptors (Lipinski definition) is 5. The Bertz CT molecular complexity index is 1070. The Balaban J connectivity index is 1.65. The Kier molecular flexibility index (Phi) is 6.08. The Morgan fingerprint density at radius 1 is 1.14 bits per heavy atom. The average molecular weight is 438 g/mol. The van der Waals surface area contributed by atoms with Crippen molar-refractivity contribution in [2.75, 3.05) is 12.4 Å². The fourth-order valence-electron chi connectivity index (χ4n) is 2.32. The zero-order chi connectivity index (χ0) is 20.3. The first-order valence-electron chi connectivity index (χ1n) is 7.82. The zero-order valence-corrected chi connectivity index (χ0v) is 16.7. The van der Waals surface area contributed by atoms with E-state index in [2.05, 4.69) is 16.2 Å². The van der Waals surface area contributed by atoms with Gasteiger partial charge < -0.3 is 10.1 Å². The number of ether oxygens (including phenoxy) is 1. The summed E-state index contributed by atoms with van der Waals surface area (Å²) in [4.78, 5) is 24.1. The van der Waals surface area contributed by atoms with Crippen LogP contribution < -0.4 is 16.2 Å². The molecule has 1 aromatic heterocycles. The van der Waals surface area contributed by atoms with Gasteiger partial charge in [-0.05, 0) is 54.7 Å². The fourth-order valence-corrected chi connectivity index (χ4v) is 3.95. The molecular weight excluding hydrogens is 425 g/mol. The van der Waals surface area contributed by atoms with Gasteiger partial charge in [-0.15, -0.1) is 11.3 Å². The molecular formula is C18H13ClFN3O3S2. The van der Waals surface area contributed by atoms with Crippen LogP contribution in [0.4, 0.5) is 10.1 Å². The van der Waals surface area contributed by atoms with Gasteiger partial charge >= 0.3 is 5.97 Å². The van der Waals surface area contributed by atoms with Gasteiger partial charge in [0.2, 0.25) is 0 Å². The van der Waals surface area contributed by atoms with E-state index in [1.54, 1.807) is 18.2 Å². The third-order valence-electron chi connectivity index (χ3n) is 3.65. The number of amides is 1. The van der Waals surface area contributed by atoms with Gasteiger partial charge in [0, 0.05) is 21.3 Å². The Hall–Kier alpha value is -2.75. The smallest absolute Gasteiger partial charge is 0.349 e. The average Bonchev–Trinajstić information content (AvgIpc) is 3.02. The molecule has 3 N–H and O–H groups in total. The van der Waals surface area contributed by atoms with Crippen LogP contribution in [0.5, 0.6) is 0 Å². The van der Waals surface area contributed by atoms with Gasteiger partial charge in [0.1, 0.15) is 10.7 Å². The Morgan fingerprint density at radius 2 is 1.86 bits per heavy atom. The number of carbonyl (C=O) groups excluding carboxylic acids is 2. The number of hydrazine groups is 1. The maximum atomic E-state index is 12.9. The number of carbonyl (C=O) groups is 2. The number of fused-ring (bicyclic) bond motifs is 1. The maximum Gasteiger partial charge on any atom is 0.349 e. The second kappa shape index (κ2) is 8.51. The highest BCUT2D eigenvalue weighted by molar-refractivity contribution is 7.80. The third kappa shape index (κ3) is 4.38. The molecule has 0 fully saturated rings. The van der Waals surface area contributed by atoms with Crippen molar-refractivity contribution >= 4 is 67.9 Å². The number of methoxy groups -OCH3 is 1. The summed E-state index contributed by atoms with van der Waals surface area (Å²) < 4.78 is 18.4. The molecule has 1 amide bonds. The monoisotopic (exact) mass is 437 g/mol. The largest absolute Gasteiger partial charge is 0.465 e. The van der Waals surface area contributed by atoms with Crippen LogP contribution in [-0.2, 0) is 4.74 Å². The van der Waals surface area contributed by atoms with Crippen molar-refractivity contribution in [2.45, 2.75) is 0 Å². The number of benzene rings is 2. The number of thiocarbonyl (C=S) groups is 1. The van der Waals surface area contributed by atoms with Crippen molar-refractivity contribution in [1.29, 1.82) is 0 Å². The van der Waals surface area contributed by atoms with Crippen molar-refractivity contribution in [3.8, 4) is 0 Å². The summed E-state index contributed by atoms with van der Waals surface area (Å²) in [7, 11) is 1.29. The maximum absolute atomic E-state index is 12.9. The van der Waals surface area contributed by atoms with Crippen molar-refractivity contribution in [2.24, 2.45) is 0 Å². The summed E-state index contributed by atoms with van der Waals surface area (Å²) in [5.74, 6) is -1.39. The summed E-state index contributed by atoms with van der Waals surface area (Å²) >= 11 is 12.6. The quantitative estimate of drug-likeness (QED) is 0.325. The van der Waals surface area contributed by atoms with Crippen molar-refractivity contribution in [3.63, 3.8) is 0 Å². The highest BCUT2D eigenvalue weighted by atomic mass is 35.5. The fraction of sp³-hybridized carbons (Fsp3) is 0.0556. The predicted octanol–water partition coefficient (Wildman–Crippen LogP) is 4.11. The molecule has 3 aromatic rings. The number of thiophene rings is 1. The SMILES string of the molecule is COC(=O)c1sc2cc(NC(=S)NNC(=O)c3ccc(F)cc3)ccc2c1Cl. The number of esters is 1. The molecule has 0 atom stereocenters. The van der Waals surface area contributed by atoms with E-state index in [1.165, 1.54) is 42.7 Å². The molecule has 28 heavy (non-hydrogen) atoms.